The van der Waals surface area contributed by atoms with Gasteiger partial charge in [-0.25, -0.2) is 4.79 Å². The number of methoxy groups -OCH3 is 1. The van der Waals surface area contributed by atoms with Crippen LogP contribution >= 0.6 is 11.6 Å². The molecular formula is C18H13ClN2O4. The Labute approximate surface area is 148 Å². The molecular weight excluding hydrogens is 344 g/mol. The number of hydrogen-bond acceptors (Lipinski definition) is 4. The highest BCUT2D eigenvalue weighted by Gasteiger charge is 2.14. The van der Waals surface area contributed by atoms with Gasteiger partial charge in [0.1, 0.15) is 23.0 Å². The summed E-state index contributed by atoms with van der Waals surface area (Å²) in [6.07, 6.45) is 1.29. The first-order valence-corrected chi connectivity index (χ1v) is 7.43. The van der Waals surface area contributed by atoms with E-state index in [0.717, 1.165) is 0 Å². The van der Waals surface area contributed by atoms with E-state index in [2.05, 4.69) is 5.32 Å². The molecule has 0 aliphatic rings. The monoisotopic (exact) mass is 356 g/mol. The summed E-state index contributed by atoms with van der Waals surface area (Å²) in [4.78, 5) is 23.5. The molecule has 0 fully saturated rings. The lowest BCUT2D eigenvalue weighted by atomic mass is 10.1. The van der Waals surface area contributed by atoms with Gasteiger partial charge in [0.05, 0.1) is 17.8 Å². The summed E-state index contributed by atoms with van der Waals surface area (Å²) in [6.45, 7) is 0. The van der Waals surface area contributed by atoms with Crippen molar-refractivity contribution in [3.63, 3.8) is 0 Å². The van der Waals surface area contributed by atoms with Gasteiger partial charge in [-0.1, -0.05) is 29.8 Å². The van der Waals surface area contributed by atoms with Gasteiger partial charge in [-0.15, -0.1) is 0 Å². The van der Waals surface area contributed by atoms with Crippen LogP contribution in [0.3, 0.4) is 0 Å². The Morgan fingerprint density at radius 2 is 2.00 bits per heavy atom. The van der Waals surface area contributed by atoms with Gasteiger partial charge in [0.2, 0.25) is 0 Å². The van der Waals surface area contributed by atoms with Crippen molar-refractivity contribution in [2.24, 2.45) is 0 Å². The molecule has 0 atom stereocenters. The molecule has 7 heteroatoms. The predicted octanol–water partition coefficient (Wildman–Crippen LogP) is 3.59. The van der Waals surface area contributed by atoms with E-state index in [0.29, 0.717) is 16.3 Å². The maximum atomic E-state index is 12.2. The van der Waals surface area contributed by atoms with Crippen LogP contribution in [0.5, 0.6) is 5.75 Å². The second kappa shape index (κ2) is 7.99. The Bertz CT molecular complexity index is 900. The lowest BCUT2D eigenvalue weighted by molar-refractivity contribution is -0.112. The Hall–Kier alpha value is -3.30. The SMILES string of the molecule is COc1ccc(/C=C(\C#N)C(=O)Nc2ccccc2Cl)cc1C(=O)O. The van der Waals surface area contributed by atoms with Crippen molar-refractivity contribution in [1.82, 2.24) is 0 Å². The zero-order valence-electron chi connectivity index (χ0n) is 13.1. The van der Waals surface area contributed by atoms with E-state index in [9.17, 15) is 20.0 Å². The first kappa shape index (κ1) is 18.0. The van der Waals surface area contributed by atoms with Crippen molar-refractivity contribution in [1.29, 1.82) is 5.26 Å². The smallest absolute Gasteiger partial charge is 0.339 e. The van der Waals surface area contributed by atoms with E-state index in [4.69, 9.17) is 16.3 Å². The van der Waals surface area contributed by atoms with Crippen molar-refractivity contribution in [3.05, 3.63) is 64.2 Å². The number of carboxylic acids is 1. The summed E-state index contributed by atoms with van der Waals surface area (Å²) in [5.41, 5.74) is 0.488. The van der Waals surface area contributed by atoms with Crippen LogP contribution in [0.2, 0.25) is 5.02 Å². The summed E-state index contributed by atoms with van der Waals surface area (Å²) in [6, 6.07) is 12.7. The van der Waals surface area contributed by atoms with Crippen molar-refractivity contribution in [2.45, 2.75) is 0 Å². The second-order valence-corrected chi connectivity index (χ2v) is 5.28. The molecule has 0 saturated carbocycles. The quantitative estimate of drug-likeness (QED) is 0.630. The molecule has 0 heterocycles. The minimum Gasteiger partial charge on any atom is -0.496 e. The van der Waals surface area contributed by atoms with Crippen LogP contribution in [0.1, 0.15) is 15.9 Å². The lowest BCUT2D eigenvalue weighted by Gasteiger charge is -2.07. The second-order valence-electron chi connectivity index (χ2n) is 4.87. The van der Waals surface area contributed by atoms with Gasteiger partial charge < -0.3 is 15.2 Å². The van der Waals surface area contributed by atoms with Gasteiger partial charge in [-0.2, -0.15) is 5.26 Å². The molecule has 0 spiro atoms. The zero-order valence-corrected chi connectivity index (χ0v) is 13.9. The number of nitriles is 1. The largest absolute Gasteiger partial charge is 0.496 e. The van der Waals surface area contributed by atoms with Crippen molar-refractivity contribution >= 4 is 35.2 Å². The zero-order chi connectivity index (χ0) is 18.4. The van der Waals surface area contributed by atoms with Gasteiger partial charge in [0.15, 0.2) is 0 Å². The van der Waals surface area contributed by atoms with Crippen molar-refractivity contribution in [2.75, 3.05) is 12.4 Å². The fourth-order valence-electron chi connectivity index (χ4n) is 2.05. The average Bonchev–Trinajstić information content (AvgIpc) is 2.61. The summed E-state index contributed by atoms with van der Waals surface area (Å²) in [5, 5.41) is 21.3. The molecule has 0 bridgehead atoms. The first-order chi connectivity index (χ1) is 12.0. The molecule has 2 N–H and O–H groups in total. The van der Waals surface area contributed by atoms with Crippen molar-refractivity contribution in [3.8, 4) is 11.8 Å². The Morgan fingerprint density at radius 1 is 1.28 bits per heavy atom. The molecule has 0 aliphatic heterocycles. The van der Waals surface area contributed by atoms with Gasteiger partial charge in [-0.05, 0) is 35.9 Å². The minimum atomic E-state index is -1.17. The number of carbonyl (C=O) groups excluding carboxylic acids is 1. The molecule has 0 aromatic heterocycles. The average molecular weight is 357 g/mol. The van der Waals surface area contributed by atoms with Crippen LogP contribution in [0.4, 0.5) is 5.69 Å². The number of aromatic carboxylic acids is 1. The fraction of sp³-hybridized carbons (Fsp3) is 0.0556. The van der Waals surface area contributed by atoms with Crippen LogP contribution in [0, 0.1) is 11.3 Å². The summed E-state index contributed by atoms with van der Waals surface area (Å²) in [7, 11) is 1.36. The number of benzene rings is 2. The maximum absolute atomic E-state index is 12.2. The van der Waals surface area contributed by atoms with Crippen LogP contribution < -0.4 is 10.1 Å². The van der Waals surface area contributed by atoms with Crippen LogP contribution in [-0.2, 0) is 4.79 Å². The van der Waals surface area contributed by atoms with E-state index >= 15 is 0 Å². The van der Waals surface area contributed by atoms with Crippen LogP contribution in [0.15, 0.2) is 48.0 Å². The number of para-hydroxylation sites is 1. The van der Waals surface area contributed by atoms with E-state index in [1.54, 1.807) is 36.4 Å². The number of amides is 1. The van der Waals surface area contributed by atoms with Gasteiger partial charge in [0, 0.05) is 0 Å². The van der Waals surface area contributed by atoms with Gasteiger partial charge in [0.25, 0.3) is 5.91 Å². The molecule has 0 saturated heterocycles. The third kappa shape index (κ3) is 4.37. The van der Waals surface area contributed by atoms with E-state index < -0.39 is 11.9 Å². The number of halogens is 1. The summed E-state index contributed by atoms with van der Waals surface area (Å²) < 4.78 is 4.97. The number of nitrogens with one attached hydrogen (secondary N) is 1. The maximum Gasteiger partial charge on any atom is 0.339 e. The molecule has 1 amide bonds. The number of carboxylic acid groups (broad SMARTS) is 1. The van der Waals surface area contributed by atoms with Gasteiger partial charge >= 0.3 is 5.97 Å². The number of anilines is 1. The molecule has 0 unspecified atom stereocenters. The number of nitrogens with zero attached hydrogens (tertiary/aromatic N) is 1. The third-order valence-corrected chi connectivity index (χ3v) is 3.58. The molecule has 6 nitrogen and oxygen atoms in total. The number of hydrogen-bond donors (Lipinski definition) is 2. The lowest BCUT2D eigenvalue weighted by Crippen LogP contribution is -2.13. The Kier molecular flexibility index (Phi) is 5.77. The fourth-order valence-corrected chi connectivity index (χ4v) is 2.23. The molecule has 2 rings (SSSR count). The highest BCUT2D eigenvalue weighted by atomic mass is 35.5. The summed E-state index contributed by atoms with van der Waals surface area (Å²) in [5.74, 6) is -1.64. The highest BCUT2D eigenvalue weighted by molar-refractivity contribution is 6.34. The number of ether oxygens (including phenoxy) is 1. The normalized spacial score (nSPS) is 10.7. The molecule has 25 heavy (non-hydrogen) atoms. The van der Waals surface area contributed by atoms with Crippen LogP contribution in [0.25, 0.3) is 6.08 Å². The minimum absolute atomic E-state index is 0.0694. The first-order valence-electron chi connectivity index (χ1n) is 7.05. The molecule has 2 aromatic rings. The molecule has 126 valence electrons. The molecule has 0 aliphatic carbocycles. The van der Waals surface area contributed by atoms with Crippen LogP contribution in [-0.4, -0.2) is 24.1 Å². The Balaban J connectivity index is 2.33. The molecule has 2 aromatic carbocycles. The Morgan fingerprint density at radius 3 is 2.60 bits per heavy atom. The van der Waals surface area contributed by atoms with E-state index in [1.165, 1.54) is 25.3 Å². The molecule has 0 radical (unpaired) electrons. The number of rotatable bonds is 5. The topological polar surface area (TPSA) is 99.4 Å². The van der Waals surface area contributed by atoms with Crippen molar-refractivity contribution < 1.29 is 19.4 Å². The standard InChI is InChI=1S/C18H13ClN2O4/c1-25-16-7-6-11(9-13(16)18(23)24)8-12(10-20)17(22)21-15-5-3-2-4-14(15)19/h2-9H,1H3,(H,21,22)(H,23,24)/b12-8+. The predicted molar refractivity (Wildman–Crippen MR) is 93.6 cm³/mol. The van der Waals surface area contributed by atoms with E-state index in [-0.39, 0.29) is 16.9 Å². The third-order valence-electron chi connectivity index (χ3n) is 3.25. The van der Waals surface area contributed by atoms with Gasteiger partial charge in [-0.3, -0.25) is 4.79 Å². The highest BCUT2D eigenvalue weighted by Crippen LogP contribution is 2.23. The van der Waals surface area contributed by atoms with E-state index in [1.807, 2.05) is 0 Å². The number of carbonyl (C=O) groups is 2. The summed E-state index contributed by atoms with van der Waals surface area (Å²) >= 11 is 5.97.